The van der Waals surface area contributed by atoms with E-state index in [1.807, 2.05) is 30.3 Å². The van der Waals surface area contributed by atoms with Crippen LogP contribution in [0.3, 0.4) is 0 Å². The summed E-state index contributed by atoms with van der Waals surface area (Å²) in [6.45, 7) is 0. The van der Waals surface area contributed by atoms with Gasteiger partial charge in [0.05, 0.1) is 6.21 Å². The number of imidazole rings is 1. The molecule has 5 heteroatoms. The molecule has 15 heavy (non-hydrogen) atoms. The van der Waals surface area contributed by atoms with E-state index < -0.39 is 0 Å². The van der Waals surface area contributed by atoms with Crippen molar-refractivity contribution in [2.75, 3.05) is 0 Å². The van der Waals surface area contributed by atoms with E-state index in [1.165, 1.54) is 6.21 Å². The minimum atomic E-state index is 0.302. The molecule has 0 aliphatic rings. The quantitative estimate of drug-likeness (QED) is 0.481. The second-order valence-electron chi connectivity index (χ2n) is 2.87. The summed E-state index contributed by atoms with van der Waals surface area (Å²) in [6.07, 6.45) is 2.83. The molecular formula is C10H8ClN3O. The molecule has 0 spiro atoms. The van der Waals surface area contributed by atoms with E-state index in [2.05, 4.69) is 10.1 Å². The predicted octanol–water partition coefficient (Wildman–Crippen LogP) is 2.33. The topological polar surface area (TPSA) is 50.4 Å². The number of hydrogen-bond donors (Lipinski definition) is 1. The van der Waals surface area contributed by atoms with Crippen molar-refractivity contribution < 1.29 is 5.21 Å². The molecule has 0 aliphatic carbocycles. The Morgan fingerprint density at radius 1 is 1.33 bits per heavy atom. The first kappa shape index (κ1) is 9.73. The molecule has 0 unspecified atom stereocenters. The molecule has 4 nitrogen and oxygen atoms in total. The summed E-state index contributed by atoms with van der Waals surface area (Å²) in [5.41, 5.74) is 1.46. The van der Waals surface area contributed by atoms with Crippen LogP contribution in [0.2, 0.25) is 5.15 Å². The van der Waals surface area contributed by atoms with Gasteiger partial charge in [-0.15, -0.1) is 0 Å². The van der Waals surface area contributed by atoms with Gasteiger partial charge in [-0.2, -0.15) is 0 Å². The van der Waals surface area contributed by atoms with Crippen LogP contribution in [0.1, 0.15) is 5.69 Å². The first-order valence-electron chi connectivity index (χ1n) is 4.28. The highest BCUT2D eigenvalue weighted by atomic mass is 35.5. The molecule has 0 fully saturated rings. The maximum atomic E-state index is 8.50. The summed E-state index contributed by atoms with van der Waals surface area (Å²) in [5.74, 6) is 0. The zero-order valence-corrected chi connectivity index (χ0v) is 8.46. The Morgan fingerprint density at radius 3 is 2.73 bits per heavy atom. The lowest BCUT2D eigenvalue weighted by atomic mass is 10.3. The van der Waals surface area contributed by atoms with Crippen LogP contribution in [0.25, 0.3) is 5.69 Å². The van der Waals surface area contributed by atoms with E-state index in [1.54, 1.807) is 10.9 Å². The predicted molar refractivity (Wildman–Crippen MR) is 58.0 cm³/mol. The summed E-state index contributed by atoms with van der Waals surface area (Å²) in [7, 11) is 0. The Hall–Kier alpha value is -1.81. The molecule has 2 rings (SSSR count). The minimum Gasteiger partial charge on any atom is -0.411 e. The van der Waals surface area contributed by atoms with Crippen molar-refractivity contribution >= 4 is 17.8 Å². The number of oxime groups is 1. The fourth-order valence-electron chi connectivity index (χ4n) is 1.30. The van der Waals surface area contributed by atoms with Gasteiger partial charge < -0.3 is 5.21 Å². The number of hydrogen-bond acceptors (Lipinski definition) is 3. The number of benzene rings is 1. The Balaban J connectivity index is 2.54. The third kappa shape index (κ3) is 1.85. The minimum absolute atomic E-state index is 0.302. The number of para-hydroxylation sites is 1. The molecule has 0 saturated heterocycles. The molecule has 0 bridgehead atoms. The van der Waals surface area contributed by atoms with Gasteiger partial charge in [-0.3, -0.25) is 4.57 Å². The van der Waals surface area contributed by atoms with Gasteiger partial charge in [0.1, 0.15) is 12.0 Å². The fourth-order valence-corrected chi connectivity index (χ4v) is 1.48. The summed E-state index contributed by atoms with van der Waals surface area (Å²) in [6, 6.07) is 9.55. The third-order valence-electron chi connectivity index (χ3n) is 1.97. The normalized spacial score (nSPS) is 11.0. The third-order valence-corrected chi connectivity index (χ3v) is 2.26. The molecule has 0 saturated carbocycles. The van der Waals surface area contributed by atoms with E-state index in [4.69, 9.17) is 16.8 Å². The zero-order valence-electron chi connectivity index (χ0n) is 7.71. The van der Waals surface area contributed by atoms with E-state index in [-0.39, 0.29) is 0 Å². The molecule has 76 valence electrons. The Bertz CT molecular complexity index is 479. The molecule has 0 aliphatic heterocycles. The van der Waals surface area contributed by atoms with E-state index >= 15 is 0 Å². The van der Waals surface area contributed by atoms with Crippen molar-refractivity contribution in [2.45, 2.75) is 0 Å². The van der Waals surface area contributed by atoms with Crippen LogP contribution in [0, 0.1) is 0 Å². The van der Waals surface area contributed by atoms with Gasteiger partial charge >= 0.3 is 0 Å². The summed E-state index contributed by atoms with van der Waals surface area (Å²) in [4.78, 5) is 3.94. The highest BCUT2D eigenvalue weighted by Crippen LogP contribution is 2.16. The molecule has 0 atom stereocenters. The van der Waals surface area contributed by atoms with Gasteiger partial charge in [-0.25, -0.2) is 4.98 Å². The molecule has 1 heterocycles. The molecule has 0 radical (unpaired) electrons. The maximum absolute atomic E-state index is 8.50. The van der Waals surface area contributed by atoms with E-state index in [0.29, 0.717) is 10.8 Å². The molecule has 1 N–H and O–H groups in total. The maximum Gasteiger partial charge on any atom is 0.156 e. The lowest BCUT2D eigenvalue weighted by Gasteiger charge is -2.03. The van der Waals surface area contributed by atoms with Crippen molar-refractivity contribution in [1.29, 1.82) is 0 Å². The fraction of sp³-hybridized carbons (Fsp3) is 0. The van der Waals surface area contributed by atoms with Crippen LogP contribution < -0.4 is 0 Å². The standard InChI is InChI=1S/C10H8ClN3O/c11-10-9(6-13-15)14(7-12-10)8-4-2-1-3-5-8/h1-7,15H. The van der Waals surface area contributed by atoms with Crippen molar-refractivity contribution in [3.63, 3.8) is 0 Å². The van der Waals surface area contributed by atoms with Crippen molar-refractivity contribution in [2.24, 2.45) is 5.16 Å². The molecule has 1 aromatic heterocycles. The zero-order chi connectivity index (χ0) is 10.7. The summed E-state index contributed by atoms with van der Waals surface area (Å²) in [5, 5.41) is 11.8. The molecule has 1 aromatic carbocycles. The van der Waals surface area contributed by atoms with Crippen LogP contribution >= 0.6 is 11.6 Å². The highest BCUT2D eigenvalue weighted by molar-refractivity contribution is 6.31. The average Bonchev–Trinajstić information content (AvgIpc) is 2.63. The lowest BCUT2D eigenvalue weighted by molar-refractivity contribution is 0.321. The average molecular weight is 222 g/mol. The second-order valence-corrected chi connectivity index (χ2v) is 3.23. The largest absolute Gasteiger partial charge is 0.411 e. The van der Waals surface area contributed by atoms with Gasteiger partial charge in [0.2, 0.25) is 0 Å². The van der Waals surface area contributed by atoms with E-state index in [0.717, 1.165) is 5.69 Å². The van der Waals surface area contributed by atoms with Crippen LogP contribution in [0.15, 0.2) is 41.8 Å². The number of nitrogens with zero attached hydrogens (tertiary/aromatic N) is 3. The van der Waals surface area contributed by atoms with Crippen molar-refractivity contribution in [1.82, 2.24) is 9.55 Å². The highest BCUT2D eigenvalue weighted by Gasteiger charge is 2.07. The van der Waals surface area contributed by atoms with Crippen LogP contribution in [-0.2, 0) is 0 Å². The summed E-state index contributed by atoms with van der Waals surface area (Å²) < 4.78 is 1.74. The molecule has 2 aromatic rings. The van der Waals surface area contributed by atoms with Gasteiger partial charge in [-0.1, -0.05) is 35.0 Å². The SMILES string of the molecule is ON=Cc1c(Cl)ncn1-c1ccccc1. The summed E-state index contributed by atoms with van der Waals surface area (Å²) >= 11 is 5.84. The van der Waals surface area contributed by atoms with Crippen LogP contribution in [0.5, 0.6) is 0 Å². The van der Waals surface area contributed by atoms with Crippen LogP contribution in [0.4, 0.5) is 0 Å². The monoisotopic (exact) mass is 221 g/mol. The first-order valence-corrected chi connectivity index (χ1v) is 4.66. The van der Waals surface area contributed by atoms with Gasteiger partial charge in [-0.05, 0) is 12.1 Å². The Kier molecular flexibility index (Phi) is 2.69. The number of halogens is 1. The molecule has 0 amide bonds. The molecular weight excluding hydrogens is 214 g/mol. The van der Waals surface area contributed by atoms with Gasteiger partial charge in [0, 0.05) is 5.69 Å². The first-order chi connectivity index (χ1) is 7.33. The van der Waals surface area contributed by atoms with Gasteiger partial charge in [0.25, 0.3) is 0 Å². The number of aromatic nitrogens is 2. The Morgan fingerprint density at radius 2 is 2.07 bits per heavy atom. The lowest BCUT2D eigenvalue weighted by Crippen LogP contribution is -1.97. The van der Waals surface area contributed by atoms with Crippen LogP contribution in [-0.4, -0.2) is 21.0 Å². The Labute approximate surface area is 91.4 Å². The van der Waals surface area contributed by atoms with E-state index in [9.17, 15) is 0 Å². The van der Waals surface area contributed by atoms with Crippen molar-refractivity contribution in [3.8, 4) is 5.69 Å². The number of rotatable bonds is 2. The van der Waals surface area contributed by atoms with Crippen molar-refractivity contribution in [3.05, 3.63) is 47.5 Å². The second kappa shape index (κ2) is 4.14. The van der Waals surface area contributed by atoms with Gasteiger partial charge in [0.15, 0.2) is 5.15 Å². The smallest absolute Gasteiger partial charge is 0.156 e.